The second kappa shape index (κ2) is 3.96. The van der Waals surface area contributed by atoms with Crippen molar-refractivity contribution in [3.63, 3.8) is 0 Å². The second-order valence-electron chi connectivity index (χ2n) is 3.15. The molecule has 0 amide bonds. The van der Waals surface area contributed by atoms with Gasteiger partial charge in [0.15, 0.2) is 5.78 Å². The zero-order chi connectivity index (χ0) is 10.7. The molecule has 0 radical (unpaired) electrons. The lowest BCUT2D eigenvalue weighted by Gasteiger charge is -2.02. The van der Waals surface area contributed by atoms with Crippen LogP contribution in [0.25, 0.3) is 0 Å². The Bertz CT molecular complexity index is 482. The summed E-state index contributed by atoms with van der Waals surface area (Å²) in [6.07, 6.45) is 7.62. The summed E-state index contributed by atoms with van der Waals surface area (Å²) in [4.78, 5) is 23.5. The van der Waals surface area contributed by atoms with Crippen LogP contribution in [0.5, 0.6) is 0 Å². The van der Waals surface area contributed by atoms with E-state index in [0.29, 0.717) is 11.1 Å². The average molecular weight is 199 g/mol. The summed E-state index contributed by atoms with van der Waals surface area (Å²) in [5.74, 6) is -0.0961. The van der Waals surface area contributed by atoms with E-state index in [2.05, 4.69) is 15.0 Å². The van der Waals surface area contributed by atoms with Crippen LogP contribution in [0.1, 0.15) is 21.5 Å². The molecular weight excluding hydrogens is 190 g/mol. The van der Waals surface area contributed by atoms with E-state index in [1.165, 1.54) is 18.7 Å². The van der Waals surface area contributed by atoms with Crippen LogP contribution in [-0.2, 0) is 0 Å². The van der Waals surface area contributed by atoms with Gasteiger partial charge >= 0.3 is 0 Å². The van der Waals surface area contributed by atoms with Gasteiger partial charge in [0.25, 0.3) is 0 Å². The standard InChI is InChI=1S/C11H9N3O/c1-8-2-3-12-6-10(8)11(15)9-4-13-7-14-5-9/h2-7H,1H3. The fourth-order valence-electron chi connectivity index (χ4n) is 1.27. The molecule has 2 rings (SSSR count). The Kier molecular flexibility index (Phi) is 2.49. The van der Waals surface area contributed by atoms with Gasteiger partial charge in [-0.2, -0.15) is 0 Å². The Balaban J connectivity index is 2.42. The van der Waals surface area contributed by atoms with E-state index >= 15 is 0 Å². The minimum Gasteiger partial charge on any atom is -0.288 e. The van der Waals surface area contributed by atoms with E-state index in [4.69, 9.17) is 0 Å². The van der Waals surface area contributed by atoms with Gasteiger partial charge < -0.3 is 0 Å². The summed E-state index contributed by atoms with van der Waals surface area (Å²) in [6, 6.07) is 1.80. The van der Waals surface area contributed by atoms with Gasteiger partial charge in [0, 0.05) is 30.4 Å². The summed E-state index contributed by atoms with van der Waals surface area (Å²) in [6.45, 7) is 1.87. The van der Waals surface area contributed by atoms with Gasteiger partial charge in [0.05, 0.1) is 5.56 Å². The van der Waals surface area contributed by atoms with Crippen LogP contribution in [0.4, 0.5) is 0 Å². The van der Waals surface area contributed by atoms with Crippen molar-refractivity contribution < 1.29 is 4.79 Å². The van der Waals surface area contributed by atoms with E-state index in [9.17, 15) is 4.79 Å². The third kappa shape index (κ3) is 1.88. The lowest BCUT2D eigenvalue weighted by atomic mass is 10.0. The van der Waals surface area contributed by atoms with Crippen molar-refractivity contribution in [2.75, 3.05) is 0 Å². The highest BCUT2D eigenvalue weighted by Gasteiger charge is 2.11. The number of aryl methyl sites for hydroxylation is 1. The molecule has 4 heteroatoms. The number of rotatable bonds is 2. The lowest BCUT2D eigenvalue weighted by Crippen LogP contribution is -2.05. The van der Waals surface area contributed by atoms with Crippen molar-refractivity contribution in [2.24, 2.45) is 0 Å². The molecule has 0 N–H and O–H groups in total. The molecule has 0 aromatic carbocycles. The predicted octanol–water partition coefficient (Wildman–Crippen LogP) is 1.41. The van der Waals surface area contributed by atoms with E-state index in [1.54, 1.807) is 18.5 Å². The van der Waals surface area contributed by atoms with Gasteiger partial charge in [-0.15, -0.1) is 0 Å². The first-order valence-corrected chi connectivity index (χ1v) is 4.49. The zero-order valence-electron chi connectivity index (χ0n) is 8.21. The highest BCUT2D eigenvalue weighted by atomic mass is 16.1. The monoisotopic (exact) mass is 199 g/mol. The summed E-state index contributed by atoms with van der Waals surface area (Å²) in [5, 5.41) is 0. The molecule has 0 saturated heterocycles. The number of pyridine rings is 1. The normalized spacial score (nSPS) is 9.93. The Hall–Kier alpha value is -2.10. The topological polar surface area (TPSA) is 55.7 Å². The number of hydrogen-bond acceptors (Lipinski definition) is 4. The van der Waals surface area contributed by atoms with Crippen LogP contribution in [-0.4, -0.2) is 20.7 Å². The van der Waals surface area contributed by atoms with Gasteiger partial charge in [0.1, 0.15) is 6.33 Å². The SMILES string of the molecule is Cc1ccncc1C(=O)c1cncnc1. The number of carbonyl (C=O) groups is 1. The minimum absolute atomic E-state index is 0.0961. The van der Waals surface area contributed by atoms with Crippen LogP contribution < -0.4 is 0 Å². The lowest BCUT2D eigenvalue weighted by molar-refractivity contribution is 0.103. The van der Waals surface area contributed by atoms with Crippen molar-refractivity contribution in [3.8, 4) is 0 Å². The Labute approximate surface area is 87.0 Å². The van der Waals surface area contributed by atoms with Gasteiger partial charge in [-0.25, -0.2) is 9.97 Å². The Morgan fingerprint density at radius 1 is 1.13 bits per heavy atom. The summed E-state index contributed by atoms with van der Waals surface area (Å²) >= 11 is 0. The molecule has 2 heterocycles. The first kappa shape index (κ1) is 9.45. The highest BCUT2D eigenvalue weighted by molar-refractivity contribution is 6.09. The molecule has 2 aromatic heterocycles. The van der Waals surface area contributed by atoms with Crippen molar-refractivity contribution in [1.29, 1.82) is 0 Å². The maximum atomic E-state index is 11.9. The van der Waals surface area contributed by atoms with Crippen molar-refractivity contribution in [1.82, 2.24) is 15.0 Å². The maximum Gasteiger partial charge on any atom is 0.197 e. The molecule has 0 fully saturated rings. The molecule has 0 unspecified atom stereocenters. The van der Waals surface area contributed by atoms with Crippen LogP contribution in [0, 0.1) is 6.92 Å². The van der Waals surface area contributed by atoms with E-state index in [-0.39, 0.29) is 5.78 Å². The predicted molar refractivity (Wildman–Crippen MR) is 54.4 cm³/mol. The Morgan fingerprint density at radius 2 is 1.87 bits per heavy atom. The molecule has 74 valence electrons. The van der Waals surface area contributed by atoms with Gasteiger partial charge in [-0.1, -0.05) is 0 Å². The van der Waals surface area contributed by atoms with Crippen LogP contribution >= 0.6 is 0 Å². The summed E-state index contributed by atoms with van der Waals surface area (Å²) in [7, 11) is 0. The molecule has 0 bridgehead atoms. The molecule has 0 aliphatic carbocycles. The highest BCUT2D eigenvalue weighted by Crippen LogP contribution is 2.10. The minimum atomic E-state index is -0.0961. The van der Waals surface area contributed by atoms with Crippen LogP contribution in [0.2, 0.25) is 0 Å². The molecule has 0 atom stereocenters. The molecule has 0 aliphatic heterocycles. The van der Waals surface area contributed by atoms with Gasteiger partial charge in [0.2, 0.25) is 0 Å². The average Bonchev–Trinajstić information content (AvgIpc) is 2.30. The molecule has 4 nitrogen and oxygen atoms in total. The summed E-state index contributed by atoms with van der Waals surface area (Å²) < 4.78 is 0. The summed E-state index contributed by atoms with van der Waals surface area (Å²) in [5.41, 5.74) is 1.97. The van der Waals surface area contributed by atoms with Crippen LogP contribution in [0.15, 0.2) is 37.2 Å². The smallest absolute Gasteiger partial charge is 0.197 e. The molecular formula is C11H9N3O. The van der Waals surface area contributed by atoms with Gasteiger partial charge in [-0.3, -0.25) is 9.78 Å². The number of hydrogen-bond donors (Lipinski definition) is 0. The van der Waals surface area contributed by atoms with Crippen molar-refractivity contribution >= 4 is 5.78 Å². The largest absolute Gasteiger partial charge is 0.288 e. The fourth-order valence-corrected chi connectivity index (χ4v) is 1.27. The maximum absolute atomic E-state index is 11.9. The van der Waals surface area contributed by atoms with Gasteiger partial charge in [-0.05, 0) is 18.6 Å². The third-order valence-electron chi connectivity index (χ3n) is 2.11. The second-order valence-corrected chi connectivity index (χ2v) is 3.15. The van der Waals surface area contributed by atoms with Crippen molar-refractivity contribution in [2.45, 2.75) is 6.92 Å². The van der Waals surface area contributed by atoms with Crippen molar-refractivity contribution in [3.05, 3.63) is 53.9 Å². The van der Waals surface area contributed by atoms with E-state index < -0.39 is 0 Å². The number of nitrogens with zero attached hydrogens (tertiary/aromatic N) is 3. The first-order valence-electron chi connectivity index (χ1n) is 4.49. The number of carbonyl (C=O) groups excluding carboxylic acids is 1. The number of ketones is 1. The van der Waals surface area contributed by atoms with E-state index in [1.807, 2.05) is 6.92 Å². The molecule has 0 saturated carbocycles. The molecule has 0 aliphatic rings. The van der Waals surface area contributed by atoms with Crippen LogP contribution in [0.3, 0.4) is 0 Å². The quantitative estimate of drug-likeness (QED) is 0.686. The third-order valence-corrected chi connectivity index (χ3v) is 2.11. The van der Waals surface area contributed by atoms with E-state index in [0.717, 1.165) is 5.56 Å². The molecule has 15 heavy (non-hydrogen) atoms. The number of aromatic nitrogens is 3. The first-order chi connectivity index (χ1) is 7.29. The zero-order valence-corrected chi connectivity index (χ0v) is 8.21. The molecule has 2 aromatic rings. The Morgan fingerprint density at radius 3 is 2.53 bits per heavy atom. The molecule has 0 spiro atoms. The fraction of sp³-hybridized carbons (Fsp3) is 0.0909.